The van der Waals surface area contributed by atoms with Gasteiger partial charge >= 0.3 is 5.97 Å². The molecular weight excluding hydrogens is 142 g/mol. The average molecular weight is 155 g/mol. The van der Waals surface area contributed by atoms with Crippen molar-refractivity contribution in [3.8, 4) is 0 Å². The number of rotatable bonds is 3. The Kier molecular flexibility index (Phi) is 1.27. The summed E-state index contributed by atoms with van der Waals surface area (Å²) in [6.45, 7) is 0.323. The molecule has 2 aliphatic carbocycles. The Hall–Kier alpha value is -0.570. The summed E-state index contributed by atoms with van der Waals surface area (Å²) in [7, 11) is 0. The molecule has 0 bridgehead atoms. The summed E-state index contributed by atoms with van der Waals surface area (Å²) < 4.78 is 0. The first-order valence-electron chi connectivity index (χ1n) is 4.14. The lowest BCUT2D eigenvalue weighted by Crippen LogP contribution is -2.27. The lowest BCUT2D eigenvalue weighted by molar-refractivity contribution is -0.143. The molecule has 0 radical (unpaired) electrons. The van der Waals surface area contributed by atoms with Gasteiger partial charge in [0.15, 0.2) is 0 Å². The summed E-state index contributed by atoms with van der Waals surface area (Å²) in [5.74, 6) is 0.413. The largest absolute Gasteiger partial charge is 0.481 e. The van der Waals surface area contributed by atoms with Crippen molar-refractivity contribution in [3.05, 3.63) is 0 Å². The Balaban J connectivity index is 2.05. The molecule has 3 nitrogen and oxygen atoms in total. The first-order valence-corrected chi connectivity index (χ1v) is 4.14. The van der Waals surface area contributed by atoms with Gasteiger partial charge in [-0.3, -0.25) is 4.79 Å². The predicted octanol–water partition coefficient (Wildman–Crippen LogP) is 0.446. The highest BCUT2D eigenvalue weighted by atomic mass is 16.4. The van der Waals surface area contributed by atoms with Gasteiger partial charge in [0.1, 0.15) is 0 Å². The number of carbonyl (C=O) groups is 1. The van der Waals surface area contributed by atoms with Gasteiger partial charge in [-0.2, -0.15) is 0 Å². The van der Waals surface area contributed by atoms with E-state index in [1.807, 2.05) is 0 Å². The van der Waals surface area contributed by atoms with Crippen LogP contribution in [0.4, 0.5) is 0 Å². The van der Waals surface area contributed by atoms with Crippen LogP contribution in [-0.2, 0) is 4.79 Å². The zero-order valence-electron chi connectivity index (χ0n) is 6.42. The van der Waals surface area contributed by atoms with Crippen LogP contribution in [0.1, 0.15) is 19.3 Å². The lowest BCUT2D eigenvalue weighted by Gasteiger charge is -2.07. The first-order chi connectivity index (χ1) is 5.20. The van der Waals surface area contributed by atoms with Crippen LogP contribution >= 0.6 is 0 Å². The van der Waals surface area contributed by atoms with E-state index >= 15 is 0 Å². The highest BCUT2D eigenvalue weighted by Gasteiger charge is 2.63. The Morgan fingerprint density at radius 1 is 1.64 bits per heavy atom. The molecule has 0 aromatic carbocycles. The molecule has 0 aromatic rings. The van der Waals surface area contributed by atoms with Crippen LogP contribution in [-0.4, -0.2) is 17.6 Å². The first kappa shape index (κ1) is 7.10. The molecule has 2 fully saturated rings. The van der Waals surface area contributed by atoms with Gasteiger partial charge in [-0.05, 0) is 31.1 Å². The molecule has 0 heterocycles. The Bertz CT molecular complexity index is 200. The van der Waals surface area contributed by atoms with Gasteiger partial charge in [0, 0.05) is 6.54 Å². The second-order valence-corrected chi connectivity index (χ2v) is 3.81. The molecule has 2 atom stereocenters. The Morgan fingerprint density at radius 2 is 2.27 bits per heavy atom. The standard InChI is InChI=1S/C8H13NO2/c9-4-8(7(10)11)3-6(8)5-1-2-5/h5-6H,1-4,9H2,(H,10,11)/t6-,8+/m1/s1. The second kappa shape index (κ2) is 1.97. The van der Waals surface area contributed by atoms with Crippen LogP contribution in [0.5, 0.6) is 0 Å². The maximum absolute atomic E-state index is 10.8. The molecule has 0 unspecified atom stereocenters. The number of nitrogens with two attached hydrogens (primary N) is 1. The summed E-state index contributed by atoms with van der Waals surface area (Å²) in [6, 6.07) is 0. The maximum Gasteiger partial charge on any atom is 0.311 e. The van der Waals surface area contributed by atoms with Gasteiger partial charge in [-0.25, -0.2) is 0 Å². The maximum atomic E-state index is 10.8. The zero-order chi connectivity index (χ0) is 8.06. The third-order valence-corrected chi connectivity index (χ3v) is 3.12. The van der Waals surface area contributed by atoms with Gasteiger partial charge in [0.25, 0.3) is 0 Å². The van der Waals surface area contributed by atoms with E-state index in [4.69, 9.17) is 10.8 Å². The van der Waals surface area contributed by atoms with Gasteiger partial charge in [-0.15, -0.1) is 0 Å². The molecule has 3 heteroatoms. The molecule has 0 spiro atoms. The summed E-state index contributed by atoms with van der Waals surface area (Å²) in [6.07, 6.45) is 3.27. The van der Waals surface area contributed by atoms with Crippen LogP contribution in [0, 0.1) is 17.3 Å². The monoisotopic (exact) mass is 155 g/mol. The fraction of sp³-hybridized carbons (Fsp3) is 0.875. The van der Waals surface area contributed by atoms with Crippen molar-refractivity contribution in [1.82, 2.24) is 0 Å². The van der Waals surface area contributed by atoms with Crippen molar-refractivity contribution in [3.63, 3.8) is 0 Å². The fourth-order valence-electron chi connectivity index (χ4n) is 2.02. The molecule has 0 amide bonds. The van der Waals surface area contributed by atoms with Crippen molar-refractivity contribution in [2.75, 3.05) is 6.54 Å². The van der Waals surface area contributed by atoms with Crippen molar-refractivity contribution in [1.29, 1.82) is 0 Å². The third-order valence-electron chi connectivity index (χ3n) is 3.12. The van der Waals surface area contributed by atoms with E-state index in [2.05, 4.69) is 0 Å². The van der Waals surface area contributed by atoms with Crippen molar-refractivity contribution >= 4 is 5.97 Å². The van der Waals surface area contributed by atoms with E-state index in [0.717, 1.165) is 6.42 Å². The van der Waals surface area contributed by atoms with Crippen molar-refractivity contribution in [2.24, 2.45) is 23.0 Å². The second-order valence-electron chi connectivity index (χ2n) is 3.81. The van der Waals surface area contributed by atoms with E-state index in [9.17, 15) is 4.79 Å². The molecule has 0 saturated heterocycles. The smallest absolute Gasteiger partial charge is 0.311 e. The lowest BCUT2D eigenvalue weighted by atomic mass is 10.0. The van der Waals surface area contributed by atoms with Gasteiger partial charge in [-0.1, -0.05) is 0 Å². The number of carboxylic acids is 1. The molecule has 11 heavy (non-hydrogen) atoms. The number of hydrogen-bond donors (Lipinski definition) is 2. The highest BCUT2D eigenvalue weighted by molar-refractivity contribution is 5.79. The molecule has 0 aromatic heterocycles. The topological polar surface area (TPSA) is 63.3 Å². The molecule has 62 valence electrons. The quantitative estimate of drug-likeness (QED) is 0.621. The Labute approximate surface area is 65.6 Å². The van der Waals surface area contributed by atoms with Crippen molar-refractivity contribution < 1.29 is 9.90 Å². The van der Waals surface area contributed by atoms with E-state index in [1.54, 1.807) is 0 Å². The SMILES string of the molecule is NC[C@@]1(C(=O)O)C[C@@H]1C1CC1. The van der Waals surface area contributed by atoms with E-state index in [0.29, 0.717) is 18.4 Å². The molecular formula is C8H13NO2. The van der Waals surface area contributed by atoms with E-state index in [-0.39, 0.29) is 0 Å². The summed E-state index contributed by atoms with van der Waals surface area (Å²) >= 11 is 0. The summed E-state index contributed by atoms with van der Waals surface area (Å²) in [4.78, 5) is 10.8. The van der Waals surface area contributed by atoms with Gasteiger partial charge in [0.2, 0.25) is 0 Å². The van der Waals surface area contributed by atoms with Crippen LogP contribution in [0.15, 0.2) is 0 Å². The van der Waals surface area contributed by atoms with E-state index in [1.165, 1.54) is 12.8 Å². The van der Waals surface area contributed by atoms with Crippen LogP contribution < -0.4 is 5.73 Å². The molecule has 2 saturated carbocycles. The summed E-state index contributed by atoms with van der Waals surface area (Å²) in [5.41, 5.74) is 4.93. The molecule has 0 aliphatic heterocycles. The number of hydrogen-bond acceptors (Lipinski definition) is 2. The summed E-state index contributed by atoms with van der Waals surface area (Å²) in [5, 5.41) is 8.87. The van der Waals surface area contributed by atoms with E-state index < -0.39 is 11.4 Å². The minimum Gasteiger partial charge on any atom is -0.481 e. The predicted molar refractivity (Wildman–Crippen MR) is 40.0 cm³/mol. The van der Waals surface area contributed by atoms with Crippen LogP contribution in [0.2, 0.25) is 0 Å². The fourth-order valence-corrected chi connectivity index (χ4v) is 2.02. The normalized spacial score (nSPS) is 42.1. The molecule has 2 rings (SSSR count). The zero-order valence-corrected chi connectivity index (χ0v) is 6.42. The minimum absolute atomic E-state index is 0.323. The highest BCUT2D eigenvalue weighted by Crippen LogP contribution is 2.62. The number of carboxylic acid groups (broad SMARTS) is 1. The van der Waals surface area contributed by atoms with Gasteiger partial charge < -0.3 is 10.8 Å². The average Bonchev–Trinajstić information content (AvgIpc) is 2.83. The van der Waals surface area contributed by atoms with Crippen molar-refractivity contribution in [2.45, 2.75) is 19.3 Å². The molecule has 3 N–H and O–H groups in total. The van der Waals surface area contributed by atoms with Crippen LogP contribution in [0.3, 0.4) is 0 Å². The van der Waals surface area contributed by atoms with Crippen LogP contribution in [0.25, 0.3) is 0 Å². The Morgan fingerprint density at radius 3 is 2.55 bits per heavy atom. The number of aliphatic carboxylic acids is 1. The third kappa shape index (κ3) is 0.872. The van der Waals surface area contributed by atoms with Gasteiger partial charge in [0.05, 0.1) is 5.41 Å². The molecule has 2 aliphatic rings. The minimum atomic E-state index is -0.683.